The minimum absolute atomic E-state index is 0.0276. The molecule has 24 heteroatoms. The van der Waals surface area contributed by atoms with Crippen LogP contribution in [0, 0.1) is 6.92 Å². The maximum absolute atomic E-state index is 12.3. The van der Waals surface area contributed by atoms with E-state index in [1.165, 1.54) is 40.9 Å². The zero-order valence-electron chi connectivity index (χ0n) is 29.3. The first kappa shape index (κ1) is 42.5. The number of hydrogen-bond donors (Lipinski definition) is 4. The maximum atomic E-state index is 12.3. The lowest BCUT2D eigenvalue weighted by Crippen LogP contribution is -2.30. The fourth-order valence-corrected chi connectivity index (χ4v) is 7.08. The molecule has 6 atom stereocenters. The molecule has 1 aromatic carbocycles. The average Bonchev–Trinajstić information content (AvgIpc) is 3.86. The van der Waals surface area contributed by atoms with Gasteiger partial charge in [-0.2, -0.15) is 9.97 Å². The van der Waals surface area contributed by atoms with Crippen molar-refractivity contribution in [3.8, 4) is 0 Å². The number of benzene rings is 1. The lowest BCUT2D eigenvalue weighted by atomic mass is 10.2. The fraction of sp³-hybridized carbons (Fsp3) is 0.419. The molecule has 2 aliphatic rings. The molecule has 21 nitrogen and oxygen atoms in total. The summed E-state index contributed by atoms with van der Waals surface area (Å²) in [5.74, 6) is -0.919. The van der Waals surface area contributed by atoms with Gasteiger partial charge in [-0.3, -0.25) is 28.3 Å². The van der Waals surface area contributed by atoms with E-state index in [-0.39, 0.29) is 34.9 Å². The standard InChI is InChI=1S/2C12H14N4O5S.C7H8.O3S/c2*1-5(18)20-7-2-6(4-17)21-10(7)16-9-8(22-12(16)19)3-14-11(13)15-9;1-7-5-3-2-4-6-7;1-4(2)3/h2*3,6-7,10,17H,2,4H2,1H3,(H2,13,14,15);2-6H,1H3;/t2*6-,7+,10+;;/m00../s1. The number of aryl methyl sites for hydroxylation is 1. The summed E-state index contributed by atoms with van der Waals surface area (Å²) in [6.45, 7) is 4.17. The van der Waals surface area contributed by atoms with E-state index in [1.54, 1.807) is 0 Å². The first-order chi connectivity index (χ1) is 26.1. The third-order valence-corrected chi connectivity index (χ3v) is 9.29. The predicted molar refractivity (Wildman–Crippen MR) is 195 cm³/mol. The van der Waals surface area contributed by atoms with Crippen LogP contribution in [-0.2, 0) is 39.1 Å². The summed E-state index contributed by atoms with van der Waals surface area (Å²) in [5.41, 5.74) is 13.1. The zero-order valence-corrected chi connectivity index (χ0v) is 31.7. The monoisotopic (exact) mass is 824 g/mol. The van der Waals surface area contributed by atoms with Gasteiger partial charge in [0.15, 0.2) is 23.8 Å². The summed E-state index contributed by atoms with van der Waals surface area (Å²) in [5, 5.41) is 18.5. The van der Waals surface area contributed by atoms with Gasteiger partial charge < -0.3 is 40.6 Å². The van der Waals surface area contributed by atoms with Crippen molar-refractivity contribution >= 4 is 77.8 Å². The number of carbonyl (C=O) groups is 2. The van der Waals surface area contributed by atoms with Crippen molar-refractivity contribution in [2.24, 2.45) is 0 Å². The highest BCUT2D eigenvalue weighted by atomic mass is 32.2. The van der Waals surface area contributed by atoms with E-state index in [0.29, 0.717) is 33.5 Å². The second-order valence-electron chi connectivity index (χ2n) is 11.6. The van der Waals surface area contributed by atoms with Crippen LogP contribution >= 0.6 is 22.7 Å². The van der Waals surface area contributed by atoms with E-state index >= 15 is 0 Å². The number of esters is 2. The van der Waals surface area contributed by atoms with Crippen molar-refractivity contribution in [3.63, 3.8) is 0 Å². The van der Waals surface area contributed by atoms with Crippen LogP contribution in [0.4, 0.5) is 11.9 Å². The van der Waals surface area contributed by atoms with Crippen LogP contribution in [0.1, 0.15) is 44.7 Å². The van der Waals surface area contributed by atoms with Crippen molar-refractivity contribution in [1.29, 1.82) is 0 Å². The van der Waals surface area contributed by atoms with Gasteiger partial charge in [-0.1, -0.05) is 58.6 Å². The Kier molecular flexibility index (Phi) is 15.0. The molecule has 296 valence electrons. The minimum Gasteiger partial charge on any atom is -0.458 e. The van der Waals surface area contributed by atoms with E-state index in [0.717, 1.165) is 22.7 Å². The molecule has 7 rings (SSSR count). The summed E-state index contributed by atoms with van der Waals surface area (Å²) in [7, 11) is -3.11. The molecule has 0 aliphatic carbocycles. The van der Waals surface area contributed by atoms with Crippen molar-refractivity contribution < 1.29 is 51.4 Å². The number of thiazole rings is 2. The van der Waals surface area contributed by atoms with Gasteiger partial charge in [0.25, 0.3) is 0 Å². The lowest BCUT2D eigenvalue weighted by molar-refractivity contribution is -0.153. The zero-order chi connectivity index (χ0) is 40.4. The summed E-state index contributed by atoms with van der Waals surface area (Å²) in [6.07, 6.45) is -0.586. The maximum Gasteiger partial charge on any atom is 0.425 e. The molecule has 6 heterocycles. The third kappa shape index (κ3) is 11.4. The molecule has 0 radical (unpaired) electrons. The lowest BCUT2D eigenvalue weighted by Gasteiger charge is -2.19. The molecule has 0 saturated carbocycles. The largest absolute Gasteiger partial charge is 0.458 e. The number of nitrogen functional groups attached to an aromatic ring is 2. The fourth-order valence-electron chi connectivity index (χ4n) is 5.44. The smallest absolute Gasteiger partial charge is 0.425 e. The molecular formula is C31H36N8O13S3. The van der Waals surface area contributed by atoms with Crippen LogP contribution in [-0.4, -0.2) is 101 Å². The van der Waals surface area contributed by atoms with Gasteiger partial charge in [0.05, 0.1) is 47.2 Å². The molecule has 6 N–H and O–H groups in total. The molecule has 0 amide bonds. The highest BCUT2D eigenvalue weighted by molar-refractivity contribution is 7.59. The number of aliphatic hydroxyl groups excluding tert-OH is 2. The molecule has 2 fully saturated rings. The number of aromatic nitrogens is 6. The summed E-state index contributed by atoms with van der Waals surface area (Å²) in [6, 6.07) is 10.3. The number of rotatable bonds is 6. The number of nitrogens with two attached hydrogens (primary N) is 2. The van der Waals surface area contributed by atoms with Gasteiger partial charge in [-0.05, 0) is 6.92 Å². The van der Waals surface area contributed by atoms with Crippen molar-refractivity contribution in [2.75, 3.05) is 24.7 Å². The molecule has 2 saturated heterocycles. The van der Waals surface area contributed by atoms with E-state index in [4.69, 9.17) is 43.0 Å². The van der Waals surface area contributed by atoms with Crippen molar-refractivity contribution in [2.45, 2.75) is 70.5 Å². The second-order valence-corrected chi connectivity index (χ2v) is 14.0. The van der Waals surface area contributed by atoms with Crippen LogP contribution in [0.15, 0.2) is 52.3 Å². The highest BCUT2D eigenvalue weighted by Crippen LogP contribution is 2.34. The minimum atomic E-state index is -3.11. The molecule has 0 spiro atoms. The first-order valence-corrected chi connectivity index (χ1v) is 18.7. The summed E-state index contributed by atoms with van der Waals surface area (Å²) in [4.78, 5) is 62.2. The van der Waals surface area contributed by atoms with Gasteiger partial charge in [-0.15, -0.1) is 12.6 Å². The normalized spacial score (nSPS) is 21.3. The van der Waals surface area contributed by atoms with Crippen LogP contribution in [0.3, 0.4) is 0 Å². The number of carbonyl (C=O) groups excluding carboxylic acids is 2. The second kappa shape index (κ2) is 19.4. The molecule has 2 aliphatic heterocycles. The van der Waals surface area contributed by atoms with E-state index < -0.39 is 59.4 Å². The first-order valence-electron chi connectivity index (χ1n) is 16.0. The van der Waals surface area contributed by atoms with Crippen LogP contribution in [0.5, 0.6) is 0 Å². The summed E-state index contributed by atoms with van der Waals surface area (Å²) < 4.78 is 50.7. The Morgan fingerprint density at radius 3 is 1.49 bits per heavy atom. The van der Waals surface area contributed by atoms with Crippen molar-refractivity contribution in [1.82, 2.24) is 29.1 Å². The average molecular weight is 825 g/mol. The van der Waals surface area contributed by atoms with Crippen LogP contribution in [0.2, 0.25) is 0 Å². The number of ether oxygens (including phenoxy) is 4. The van der Waals surface area contributed by atoms with Crippen LogP contribution < -0.4 is 21.2 Å². The molecule has 5 aromatic rings. The van der Waals surface area contributed by atoms with Crippen LogP contribution in [0.25, 0.3) is 20.7 Å². The number of fused-ring (bicyclic) bond motifs is 2. The quantitative estimate of drug-likeness (QED) is 0.167. The van der Waals surface area contributed by atoms with Gasteiger partial charge in [-0.25, -0.2) is 9.97 Å². The van der Waals surface area contributed by atoms with Gasteiger partial charge in [0.2, 0.25) is 11.9 Å². The van der Waals surface area contributed by atoms with E-state index in [2.05, 4.69) is 39.0 Å². The molecule has 55 heavy (non-hydrogen) atoms. The van der Waals surface area contributed by atoms with Gasteiger partial charge in [0.1, 0.15) is 12.2 Å². The van der Waals surface area contributed by atoms with E-state index in [1.807, 2.05) is 18.2 Å². The Labute approximate surface area is 320 Å². The number of hydrogen-bond acceptors (Lipinski definition) is 21. The Balaban J connectivity index is 0.000000192. The molecule has 0 bridgehead atoms. The van der Waals surface area contributed by atoms with Gasteiger partial charge >= 0.3 is 32.3 Å². The Bertz CT molecular complexity index is 2200. The van der Waals surface area contributed by atoms with Gasteiger partial charge in [0, 0.05) is 26.7 Å². The topological polar surface area (TPSA) is 310 Å². The molecule has 4 aromatic heterocycles. The SMILES string of the molecule is CC(=O)O[C@@H]1C[C@@H](CO)O[C@H]1n1c(=O)sc2cnc(N)nc21.CC(=O)O[C@@H]1C[C@@H](CO)O[C@H]1n1c(=O)sc2cnc(N)nc21.Cc1ccccc1.O=S(=O)=O. The molecular weight excluding hydrogens is 789 g/mol. The number of anilines is 2. The Hall–Kier alpha value is -5.24. The predicted octanol–water partition coefficient (Wildman–Crippen LogP) is 0.284. The van der Waals surface area contributed by atoms with Crippen molar-refractivity contribution in [3.05, 3.63) is 67.6 Å². The Morgan fingerprint density at radius 2 is 1.18 bits per heavy atom. The molecule has 0 unspecified atom stereocenters. The number of nitrogens with zero attached hydrogens (tertiary/aromatic N) is 6. The summed E-state index contributed by atoms with van der Waals surface area (Å²) >= 11 is 1.90. The number of aliphatic hydroxyl groups is 2. The third-order valence-electron chi connectivity index (χ3n) is 7.54. The highest BCUT2D eigenvalue weighted by Gasteiger charge is 2.41. The van der Waals surface area contributed by atoms with E-state index in [9.17, 15) is 29.4 Å². The Morgan fingerprint density at radius 1 is 0.800 bits per heavy atom.